The molecule has 0 saturated carbocycles. The molecule has 1 fully saturated rings. The Morgan fingerprint density at radius 3 is 2.67 bits per heavy atom. The molecule has 0 radical (unpaired) electrons. The number of amides is 1. The van der Waals surface area contributed by atoms with Gasteiger partial charge < -0.3 is 25.0 Å². The predicted molar refractivity (Wildman–Crippen MR) is 108 cm³/mol. The first-order valence-electron chi connectivity index (χ1n) is 9.45. The molecule has 150 valence electrons. The molecule has 2 N–H and O–H groups in total. The van der Waals surface area contributed by atoms with E-state index in [-0.39, 0.29) is 17.9 Å². The van der Waals surface area contributed by atoms with Gasteiger partial charge >= 0.3 is 0 Å². The van der Waals surface area contributed by atoms with Crippen molar-refractivity contribution < 1.29 is 14.3 Å². The largest absolute Gasteiger partial charge is 0.493 e. The third-order valence-electron chi connectivity index (χ3n) is 4.71. The topological polar surface area (TPSA) is 75.2 Å². The number of ether oxygens (including phenoxy) is 2. The molecule has 0 spiro atoms. The minimum atomic E-state index is 0.0441. The van der Waals surface area contributed by atoms with Crippen LogP contribution in [0.2, 0.25) is 0 Å². The van der Waals surface area contributed by atoms with Crippen LogP contribution in [-0.2, 0) is 11.2 Å². The van der Waals surface area contributed by atoms with Crippen molar-refractivity contribution in [1.82, 2.24) is 15.5 Å². The van der Waals surface area contributed by atoms with Gasteiger partial charge in [0.1, 0.15) is 0 Å². The van der Waals surface area contributed by atoms with Crippen LogP contribution in [0.15, 0.2) is 23.2 Å². The SMILES string of the molecule is CN=C(NCCc1ccc(OC)c(OC)c1)NC1CCN(C(=O)C(C)C)C1. The Morgan fingerprint density at radius 1 is 1.30 bits per heavy atom. The van der Waals surface area contributed by atoms with Crippen molar-refractivity contribution in [3.8, 4) is 11.5 Å². The maximum atomic E-state index is 12.1. The van der Waals surface area contributed by atoms with Crippen LogP contribution >= 0.6 is 0 Å². The molecule has 1 aromatic carbocycles. The van der Waals surface area contributed by atoms with Crippen LogP contribution in [0.4, 0.5) is 0 Å². The normalized spacial score (nSPS) is 17.2. The molecule has 1 heterocycles. The average molecular weight is 377 g/mol. The first kappa shape index (κ1) is 20.9. The van der Waals surface area contributed by atoms with Crippen molar-refractivity contribution in [2.45, 2.75) is 32.7 Å². The summed E-state index contributed by atoms with van der Waals surface area (Å²) in [7, 11) is 5.03. The average Bonchev–Trinajstić information content (AvgIpc) is 3.14. The van der Waals surface area contributed by atoms with Crippen molar-refractivity contribution in [3.05, 3.63) is 23.8 Å². The Morgan fingerprint density at radius 2 is 2.04 bits per heavy atom. The van der Waals surface area contributed by atoms with Crippen LogP contribution in [0.25, 0.3) is 0 Å². The molecule has 1 aliphatic heterocycles. The minimum Gasteiger partial charge on any atom is -0.493 e. The van der Waals surface area contributed by atoms with Gasteiger partial charge in [-0.1, -0.05) is 19.9 Å². The Hall–Kier alpha value is -2.44. The number of hydrogen-bond acceptors (Lipinski definition) is 4. The third-order valence-corrected chi connectivity index (χ3v) is 4.71. The molecule has 1 aliphatic rings. The fourth-order valence-electron chi connectivity index (χ4n) is 3.19. The number of nitrogens with one attached hydrogen (secondary N) is 2. The second kappa shape index (κ2) is 10.0. The number of benzene rings is 1. The van der Waals surface area contributed by atoms with Crippen molar-refractivity contribution in [3.63, 3.8) is 0 Å². The van der Waals surface area contributed by atoms with Crippen molar-refractivity contribution in [2.24, 2.45) is 10.9 Å². The molecular weight excluding hydrogens is 344 g/mol. The van der Waals surface area contributed by atoms with Crippen molar-refractivity contribution >= 4 is 11.9 Å². The van der Waals surface area contributed by atoms with Crippen LogP contribution in [0.5, 0.6) is 11.5 Å². The number of rotatable bonds is 7. The number of nitrogens with zero attached hydrogens (tertiary/aromatic N) is 2. The lowest BCUT2D eigenvalue weighted by molar-refractivity contribution is -0.133. The van der Waals surface area contributed by atoms with E-state index in [1.165, 1.54) is 0 Å². The molecule has 0 bridgehead atoms. The van der Waals surface area contributed by atoms with Gasteiger partial charge in [-0.3, -0.25) is 9.79 Å². The summed E-state index contributed by atoms with van der Waals surface area (Å²) in [5.41, 5.74) is 1.16. The molecule has 1 saturated heterocycles. The monoisotopic (exact) mass is 376 g/mol. The first-order valence-corrected chi connectivity index (χ1v) is 9.45. The summed E-state index contributed by atoms with van der Waals surface area (Å²) in [4.78, 5) is 18.3. The summed E-state index contributed by atoms with van der Waals surface area (Å²) in [6, 6.07) is 6.18. The van der Waals surface area contributed by atoms with Crippen molar-refractivity contribution in [1.29, 1.82) is 0 Å². The minimum absolute atomic E-state index is 0.0441. The lowest BCUT2D eigenvalue weighted by Crippen LogP contribution is -2.45. The van der Waals surface area contributed by atoms with Crippen LogP contribution in [-0.4, -0.2) is 63.7 Å². The third kappa shape index (κ3) is 5.77. The molecule has 7 heteroatoms. The number of likely N-dealkylation sites (tertiary alicyclic amines) is 1. The quantitative estimate of drug-likeness (QED) is 0.559. The Kier molecular flexibility index (Phi) is 7.76. The molecule has 1 aromatic rings. The Bertz CT molecular complexity index is 661. The highest BCUT2D eigenvalue weighted by molar-refractivity contribution is 5.81. The summed E-state index contributed by atoms with van der Waals surface area (Å²) in [6.45, 7) is 6.16. The fourth-order valence-corrected chi connectivity index (χ4v) is 3.19. The van der Waals surface area contributed by atoms with Crippen LogP contribution in [0, 0.1) is 5.92 Å². The first-order chi connectivity index (χ1) is 13.0. The van der Waals surface area contributed by atoms with E-state index in [2.05, 4.69) is 15.6 Å². The standard InChI is InChI=1S/C20H32N4O3/c1-14(2)19(25)24-11-9-16(13-24)23-20(21-3)22-10-8-15-6-7-17(26-4)18(12-15)27-5/h6-7,12,14,16H,8-11,13H2,1-5H3,(H2,21,22,23). The molecular formula is C20H32N4O3. The lowest BCUT2D eigenvalue weighted by Gasteiger charge is -2.20. The van der Waals surface area contributed by atoms with Gasteiger partial charge in [0.15, 0.2) is 17.5 Å². The molecule has 0 aliphatic carbocycles. The summed E-state index contributed by atoms with van der Waals surface area (Å²) < 4.78 is 10.6. The van der Waals surface area contributed by atoms with Crippen LogP contribution in [0.1, 0.15) is 25.8 Å². The molecule has 0 aromatic heterocycles. The summed E-state index contributed by atoms with van der Waals surface area (Å²) >= 11 is 0. The van der Waals surface area contributed by atoms with E-state index in [4.69, 9.17) is 9.47 Å². The number of methoxy groups -OCH3 is 2. The summed E-state index contributed by atoms with van der Waals surface area (Å²) in [6.07, 6.45) is 1.78. The van der Waals surface area contributed by atoms with Gasteiger partial charge in [-0.2, -0.15) is 0 Å². The number of carbonyl (C=O) groups is 1. The molecule has 27 heavy (non-hydrogen) atoms. The lowest BCUT2D eigenvalue weighted by atomic mass is 10.1. The smallest absolute Gasteiger partial charge is 0.225 e. The van der Waals surface area contributed by atoms with Gasteiger partial charge in [-0.15, -0.1) is 0 Å². The van der Waals surface area contributed by atoms with E-state index in [0.717, 1.165) is 55.5 Å². The zero-order valence-corrected chi connectivity index (χ0v) is 17.0. The summed E-state index contributed by atoms with van der Waals surface area (Å²) in [5.74, 6) is 2.49. The molecule has 1 unspecified atom stereocenters. The highest BCUT2D eigenvalue weighted by atomic mass is 16.5. The number of aliphatic imine (C=N–C) groups is 1. The number of carbonyl (C=O) groups excluding carboxylic acids is 1. The second-order valence-electron chi connectivity index (χ2n) is 7.01. The van der Waals surface area contributed by atoms with E-state index in [9.17, 15) is 4.79 Å². The molecule has 2 rings (SSSR count). The molecule has 7 nitrogen and oxygen atoms in total. The predicted octanol–water partition coefficient (Wildman–Crippen LogP) is 1.67. The maximum absolute atomic E-state index is 12.1. The Balaban J connectivity index is 1.80. The highest BCUT2D eigenvalue weighted by Crippen LogP contribution is 2.27. The van der Waals surface area contributed by atoms with E-state index < -0.39 is 0 Å². The van der Waals surface area contributed by atoms with Gasteiger partial charge in [0.05, 0.1) is 14.2 Å². The van der Waals surface area contributed by atoms with Gasteiger partial charge in [-0.25, -0.2) is 0 Å². The number of guanidine groups is 1. The van der Waals surface area contributed by atoms with E-state index in [0.29, 0.717) is 0 Å². The van der Waals surface area contributed by atoms with Crippen LogP contribution in [0.3, 0.4) is 0 Å². The number of hydrogen-bond donors (Lipinski definition) is 2. The van der Waals surface area contributed by atoms with Gasteiger partial charge in [-0.05, 0) is 30.5 Å². The Labute approximate surface area is 162 Å². The zero-order valence-electron chi connectivity index (χ0n) is 17.0. The second-order valence-corrected chi connectivity index (χ2v) is 7.01. The summed E-state index contributed by atoms with van der Waals surface area (Å²) in [5, 5.41) is 6.76. The van der Waals surface area contributed by atoms with E-state index in [1.54, 1.807) is 21.3 Å². The van der Waals surface area contributed by atoms with Crippen molar-refractivity contribution in [2.75, 3.05) is 40.9 Å². The molecule has 1 atom stereocenters. The maximum Gasteiger partial charge on any atom is 0.225 e. The van der Waals surface area contributed by atoms with Gasteiger partial charge in [0, 0.05) is 38.6 Å². The van der Waals surface area contributed by atoms with E-state index in [1.807, 2.05) is 36.9 Å². The highest BCUT2D eigenvalue weighted by Gasteiger charge is 2.27. The van der Waals surface area contributed by atoms with Gasteiger partial charge in [0.2, 0.25) is 5.91 Å². The van der Waals surface area contributed by atoms with E-state index >= 15 is 0 Å². The fraction of sp³-hybridized carbons (Fsp3) is 0.600. The van der Waals surface area contributed by atoms with Crippen LogP contribution < -0.4 is 20.1 Å². The van der Waals surface area contributed by atoms with Gasteiger partial charge in [0.25, 0.3) is 0 Å². The molecule has 1 amide bonds. The zero-order chi connectivity index (χ0) is 19.8.